The van der Waals surface area contributed by atoms with Crippen LogP contribution in [0.1, 0.15) is 12.5 Å². The van der Waals surface area contributed by atoms with Gasteiger partial charge in [-0.15, -0.1) is 0 Å². The summed E-state index contributed by atoms with van der Waals surface area (Å²) < 4.78 is 0. The zero-order valence-corrected chi connectivity index (χ0v) is 12.7. The molecule has 0 spiro atoms. The van der Waals surface area contributed by atoms with E-state index >= 15 is 0 Å². The van der Waals surface area contributed by atoms with Gasteiger partial charge in [0.2, 0.25) is 5.78 Å². The third-order valence-corrected chi connectivity index (χ3v) is 3.97. The zero-order valence-electron chi connectivity index (χ0n) is 11.9. The Morgan fingerprint density at radius 2 is 1.86 bits per heavy atom. The first-order chi connectivity index (χ1) is 10.1. The lowest BCUT2D eigenvalue weighted by Gasteiger charge is -2.07. The van der Waals surface area contributed by atoms with Crippen LogP contribution in [0.4, 0.5) is 0 Å². The Hall–Kier alpha value is -2.14. The second-order valence-electron chi connectivity index (χ2n) is 4.51. The maximum Gasteiger partial charge on any atom is 0.292 e. The third-order valence-electron chi connectivity index (χ3n) is 2.93. The molecule has 2 rings (SSSR count). The van der Waals surface area contributed by atoms with Gasteiger partial charge < -0.3 is 0 Å². The van der Waals surface area contributed by atoms with Crippen molar-refractivity contribution in [2.45, 2.75) is 12.7 Å². The summed E-state index contributed by atoms with van der Waals surface area (Å²) in [5.41, 5.74) is 1.14. The Bertz CT molecular complexity index is 710. The normalized spacial score (nSPS) is 11.4. The highest BCUT2D eigenvalue weighted by Crippen LogP contribution is 2.19. The minimum Gasteiger partial charge on any atom is -0.299 e. The number of amidine groups is 1. The molecule has 1 amide bonds. The monoisotopic (exact) mass is 300 g/mol. The van der Waals surface area contributed by atoms with Gasteiger partial charge in [-0.25, -0.2) is 0 Å². The van der Waals surface area contributed by atoms with E-state index in [-0.39, 0.29) is 0 Å². The summed E-state index contributed by atoms with van der Waals surface area (Å²) in [6, 6.07) is 14.4. The lowest BCUT2D eigenvalue weighted by molar-refractivity contribution is -0.135. The molecule has 0 bridgehead atoms. The summed E-state index contributed by atoms with van der Waals surface area (Å²) in [4.78, 5) is 26.3. The third kappa shape index (κ3) is 4.16. The van der Waals surface area contributed by atoms with E-state index in [1.54, 1.807) is 7.05 Å². The van der Waals surface area contributed by atoms with Crippen molar-refractivity contribution < 1.29 is 9.59 Å². The van der Waals surface area contributed by atoms with Crippen LogP contribution in [0, 0.1) is 0 Å². The van der Waals surface area contributed by atoms with E-state index in [0.29, 0.717) is 10.9 Å². The zero-order chi connectivity index (χ0) is 15.2. The van der Waals surface area contributed by atoms with Crippen LogP contribution < -0.4 is 5.32 Å². The van der Waals surface area contributed by atoms with Gasteiger partial charge in [-0.1, -0.05) is 54.2 Å². The fourth-order valence-corrected chi connectivity index (χ4v) is 2.60. The van der Waals surface area contributed by atoms with E-state index in [1.165, 1.54) is 29.5 Å². The van der Waals surface area contributed by atoms with Gasteiger partial charge in [0.15, 0.2) is 5.17 Å². The second kappa shape index (κ2) is 7.04. The number of benzene rings is 2. The van der Waals surface area contributed by atoms with Crippen LogP contribution in [0.2, 0.25) is 0 Å². The molecule has 0 aromatic heterocycles. The Morgan fingerprint density at radius 1 is 1.14 bits per heavy atom. The molecule has 2 aromatic carbocycles. The predicted molar refractivity (Wildman–Crippen MR) is 87.4 cm³/mol. The van der Waals surface area contributed by atoms with Crippen LogP contribution in [0.15, 0.2) is 47.5 Å². The molecule has 0 radical (unpaired) electrons. The van der Waals surface area contributed by atoms with Gasteiger partial charge in [-0.2, -0.15) is 0 Å². The van der Waals surface area contributed by atoms with Crippen molar-refractivity contribution in [2.75, 3.05) is 7.05 Å². The minimum atomic E-state index is -0.637. The molecule has 0 saturated carbocycles. The molecular formula is C16H16N2O2S. The Balaban J connectivity index is 2.03. The molecule has 0 fully saturated rings. The molecule has 0 saturated heterocycles. The Labute approximate surface area is 127 Å². The summed E-state index contributed by atoms with van der Waals surface area (Å²) in [6.45, 7) is 1.23. The quantitative estimate of drug-likeness (QED) is 0.539. The number of fused-ring (bicyclic) bond motifs is 1. The number of amides is 1. The number of nitrogens with one attached hydrogen (secondary N) is 1. The molecule has 0 unspecified atom stereocenters. The number of thioether (sulfide) groups is 1. The smallest absolute Gasteiger partial charge is 0.292 e. The summed E-state index contributed by atoms with van der Waals surface area (Å²) in [5, 5.41) is 5.32. The summed E-state index contributed by atoms with van der Waals surface area (Å²) in [5.74, 6) is -0.487. The lowest BCUT2D eigenvalue weighted by Crippen LogP contribution is -2.33. The first-order valence-electron chi connectivity index (χ1n) is 6.49. The summed E-state index contributed by atoms with van der Waals surface area (Å²) in [6.07, 6.45) is 0. The summed E-state index contributed by atoms with van der Waals surface area (Å²) in [7, 11) is 1.59. The average molecular weight is 300 g/mol. The topological polar surface area (TPSA) is 58.5 Å². The average Bonchev–Trinajstić information content (AvgIpc) is 2.50. The molecule has 2 aromatic rings. The highest BCUT2D eigenvalue weighted by Gasteiger charge is 2.10. The van der Waals surface area contributed by atoms with Crippen molar-refractivity contribution in [1.82, 2.24) is 5.32 Å². The number of Topliss-reactive ketones (excluding diaryl/α,β-unsaturated/α-hetero) is 1. The fourth-order valence-electron chi connectivity index (χ4n) is 1.82. The molecule has 4 nitrogen and oxygen atoms in total. The van der Waals surface area contributed by atoms with Crippen LogP contribution in [0.25, 0.3) is 10.8 Å². The van der Waals surface area contributed by atoms with E-state index in [4.69, 9.17) is 0 Å². The van der Waals surface area contributed by atoms with Gasteiger partial charge in [-0.05, 0) is 16.3 Å². The van der Waals surface area contributed by atoms with Gasteiger partial charge in [0.05, 0.1) is 0 Å². The lowest BCUT2D eigenvalue weighted by atomic mass is 10.1. The molecule has 1 N–H and O–H groups in total. The molecular weight excluding hydrogens is 284 g/mol. The molecule has 108 valence electrons. The molecule has 21 heavy (non-hydrogen) atoms. The van der Waals surface area contributed by atoms with Crippen molar-refractivity contribution in [3.05, 3.63) is 48.0 Å². The highest BCUT2D eigenvalue weighted by atomic mass is 32.2. The standard InChI is InChI=1S/C16H16N2O2S/c1-11(19)15(20)18-16(17-2)21-10-12-7-8-13-5-3-4-6-14(13)9-12/h3-9H,10H2,1-2H3,(H,17,18,20). The van der Waals surface area contributed by atoms with E-state index in [0.717, 1.165) is 5.56 Å². The second-order valence-corrected chi connectivity index (χ2v) is 5.47. The molecule has 5 heteroatoms. The van der Waals surface area contributed by atoms with E-state index < -0.39 is 11.7 Å². The molecule has 0 aliphatic heterocycles. The first kappa shape index (κ1) is 15.3. The minimum absolute atomic E-state index is 0.448. The maximum atomic E-state index is 11.3. The van der Waals surface area contributed by atoms with Gasteiger partial charge >= 0.3 is 0 Å². The van der Waals surface area contributed by atoms with E-state index in [9.17, 15) is 9.59 Å². The first-order valence-corrected chi connectivity index (χ1v) is 7.48. The van der Waals surface area contributed by atoms with E-state index in [2.05, 4.69) is 40.6 Å². The van der Waals surface area contributed by atoms with Crippen LogP contribution in [0.3, 0.4) is 0 Å². The number of ketones is 1. The number of nitrogens with zero attached hydrogens (tertiary/aromatic N) is 1. The Kier molecular flexibility index (Phi) is 5.11. The molecule has 0 atom stereocenters. The van der Waals surface area contributed by atoms with Crippen molar-refractivity contribution in [2.24, 2.45) is 4.99 Å². The van der Waals surface area contributed by atoms with Crippen molar-refractivity contribution in [3.63, 3.8) is 0 Å². The van der Waals surface area contributed by atoms with Gasteiger partial charge in [0, 0.05) is 19.7 Å². The largest absolute Gasteiger partial charge is 0.299 e. The number of rotatable bonds is 3. The van der Waals surface area contributed by atoms with Crippen LogP contribution >= 0.6 is 11.8 Å². The maximum absolute atomic E-state index is 11.3. The SMILES string of the molecule is CN=C(NC(=O)C(C)=O)SCc1ccc2ccccc2c1. The van der Waals surface area contributed by atoms with Crippen molar-refractivity contribution in [1.29, 1.82) is 0 Å². The number of hydrogen-bond acceptors (Lipinski definition) is 4. The van der Waals surface area contributed by atoms with Gasteiger partial charge in [-0.3, -0.25) is 19.9 Å². The highest BCUT2D eigenvalue weighted by molar-refractivity contribution is 8.13. The summed E-state index contributed by atoms with van der Waals surface area (Å²) >= 11 is 1.39. The van der Waals surface area contributed by atoms with Gasteiger partial charge in [0.1, 0.15) is 0 Å². The number of carbonyl (C=O) groups excluding carboxylic acids is 2. The van der Waals surface area contributed by atoms with Crippen LogP contribution in [-0.2, 0) is 15.3 Å². The van der Waals surface area contributed by atoms with Crippen molar-refractivity contribution in [3.8, 4) is 0 Å². The van der Waals surface area contributed by atoms with E-state index in [1.807, 2.05) is 12.1 Å². The van der Waals surface area contributed by atoms with Gasteiger partial charge in [0.25, 0.3) is 5.91 Å². The van der Waals surface area contributed by atoms with Crippen LogP contribution in [-0.4, -0.2) is 23.9 Å². The van der Waals surface area contributed by atoms with Crippen molar-refractivity contribution >= 4 is 39.4 Å². The molecule has 0 aliphatic carbocycles. The fraction of sp³-hybridized carbons (Fsp3) is 0.188. The number of carbonyl (C=O) groups is 2. The predicted octanol–water partition coefficient (Wildman–Crippen LogP) is 2.76. The number of hydrogen-bond donors (Lipinski definition) is 1. The Morgan fingerprint density at radius 3 is 2.52 bits per heavy atom. The number of aliphatic imine (C=N–C) groups is 1. The molecule has 0 aliphatic rings. The molecule has 0 heterocycles. The van der Waals surface area contributed by atoms with Crippen LogP contribution in [0.5, 0.6) is 0 Å².